The van der Waals surface area contributed by atoms with Crippen LogP contribution in [-0.4, -0.2) is 29.5 Å². The third-order valence-corrected chi connectivity index (χ3v) is 8.39. The van der Waals surface area contributed by atoms with Gasteiger partial charge in [-0.2, -0.15) is 0 Å². The van der Waals surface area contributed by atoms with E-state index in [0.717, 1.165) is 32.1 Å². The number of carboxylic acids is 1. The number of hydrogen-bond acceptors (Lipinski definition) is 5. The van der Waals surface area contributed by atoms with Crippen LogP contribution in [0.4, 0.5) is 0 Å². The molecule has 0 rings (SSSR count). The Balaban J connectivity index is 4.54. The lowest BCUT2D eigenvalue weighted by Crippen LogP contribution is -2.10. The lowest BCUT2D eigenvalue weighted by atomic mass is 10.2. The summed E-state index contributed by atoms with van der Waals surface area (Å²) in [6.45, 7) is 7.35. The van der Waals surface area contributed by atoms with Gasteiger partial charge in [-0.15, -0.1) is 0 Å². The zero-order chi connectivity index (χ0) is 15.4. The molecule has 0 bridgehead atoms. The molecule has 0 radical (unpaired) electrons. The zero-order valence-electron chi connectivity index (χ0n) is 12.7. The Bertz CT molecular complexity index is 299. The quantitative estimate of drug-likeness (QED) is 0.382. The highest BCUT2D eigenvalue weighted by atomic mass is 32.9. The molecule has 0 aliphatic carbocycles. The maximum Gasteiger partial charge on any atom is 0.304 e. The first-order valence-electron chi connectivity index (χ1n) is 7.26. The predicted molar refractivity (Wildman–Crippen MR) is 89.9 cm³/mol. The Hall–Kier alpha value is 0.390. The van der Waals surface area contributed by atoms with Gasteiger partial charge in [0.05, 0.1) is 19.6 Å². The number of unbranched alkanes of at least 4 members (excludes halogenated alkanes) is 2. The maximum absolute atomic E-state index is 10.9. The van der Waals surface area contributed by atoms with E-state index in [2.05, 4.69) is 13.8 Å². The number of rotatable bonds is 13. The number of carbonyl (C=O) groups is 1. The summed E-state index contributed by atoms with van der Waals surface area (Å²) < 4.78 is 11.6. The summed E-state index contributed by atoms with van der Waals surface area (Å²) in [7, 11) is 0. The lowest BCUT2D eigenvalue weighted by Gasteiger charge is -2.25. The summed E-state index contributed by atoms with van der Waals surface area (Å²) in [5.74, 6) is -0.798. The minimum atomic E-state index is -2.42. The number of aliphatic carboxylic acids is 1. The Morgan fingerprint density at radius 1 is 1.20 bits per heavy atom. The van der Waals surface area contributed by atoms with Crippen LogP contribution >= 0.6 is 17.1 Å². The molecule has 0 amide bonds. The second-order valence-electron chi connectivity index (χ2n) is 4.55. The van der Waals surface area contributed by atoms with Crippen LogP contribution in [0.15, 0.2) is 0 Å². The molecule has 1 atom stereocenters. The predicted octanol–water partition coefficient (Wildman–Crippen LogP) is 4.83. The molecule has 1 N–H and O–H groups in total. The van der Waals surface area contributed by atoms with E-state index in [0.29, 0.717) is 13.2 Å². The molecular weight excluding hydrogens is 315 g/mol. The summed E-state index contributed by atoms with van der Waals surface area (Å²) in [5, 5.41) is 8.88. The molecular formula is C13H27O4PS2. The summed E-state index contributed by atoms with van der Waals surface area (Å²) in [6, 6.07) is 0. The van der Waals surface area contributed by atoms with Gasteiger partial charge in [-0.3, -0.25) is 4.79 Å². The van der Waals surface area contributed by atoms with Gasteiger partial charge in [0.25, 0.3) is 0 Å². The van der Waals surface area contributed by atoms with Gasteiger partial charge in [0.1, 0.15) is 0 Å². The third-order valence-electron chi connectivity index (χ3n) is 2.63. The second kappa shape index (κ2) is 12.0. The van der Waals surface area contributed by atoms with Crippen LogP contribution in [0, 0.1) is 0 Å². The van der Waals surface area contributed by atoms with Gasteiger partial charge in [0.2, 0.25) is 5.69 Å². The molecule has 7 heteroatoms. The summed E-state index contributed by atoms with van der Waals surface area (Å²) in [5.41, 5.74) is -2.42. The minimum Gasteiger partial charge on any atom is -0.481 e. The minimum absolute atomic E-state index is 0.0402. The molecule has 20 heavy (non-hydrogen) atoms. The Morgan fingerprint density at radius 2 is 1.70 bits per heavy atom. The fraction of sp³-hybridized carbons (Fsp3) is 0.923. The monoisotopic (exact) mass is 342 g/mol. The highest BCUT2D eigenvalue weighted by molar-refractivity contribution is 8.68. The second-order valence-corrected chi connectivity index (χ2v) is 11.1. The van der Waals surface area contributed by atoms with Crippen molar-refractivity contribution in [2.24, 2.45) is 0 Å². The SMILES string of the molecule is CCCCOP(=S)(OCCCC)SC(CC)CC(=O)O. The molecule has 0 heterocycles. The van der Waals surface area contributed by atoms with Gasteiger partial charge in [0, 0.05) is 5.25 Å². The average molecular weight is 342 g/mol. The first-order chi connectivity index (χ1) is 9.47. The molecule has 0 aromatic carbocycles. The molecule has 0 saturated heterocycles. The van der Waals surface area contributed by atoms with Gasteiger partial charge in [-0.05, 0) is 31.1 Å². The van der Waals surface area contributed by atoms with E-state index in [1.807, 2.05) is 6.92 Å². The fourth-order valence-electron chi connectivity index (χ4n) is 1.37. The van der Waals surface area contributed by atoms with Crippen molar-refractivity contribution < 1.29 is 18.9 Å². The van der Waals surface area contributed by atoms with E-state index in [4.69, 9.17) is 26.0 Å². The fourth-order valence-corrected chi connectivity index (χ4v) is 7.13. The molecule has 4 nitrogen and oxygen atoms in total. The van der Waals surface area contributed by atoms with Crippen molar-refractivity contribution >= 4 is 34.9 Å². The van der Waals surface area contributed by atoms with E-state index in [-0.39, 0.29) is 11.7 Å². The highest BCUT2D eigenvalue weighted by Gasteiger charge is 2.26. The van der Waals surface area contributed by atoms with E-state index in [9.17, 15) is 4.79 Å². The molecule has 120 valence electrons. The van der Waals surface area contributed by atoms with Crippen LogP contribution < -0.4 is 0 Å². The van der Waals surface area contributed by atoms with Crippen molar-refractivity contribution in [3.8, 4) is 0 Å². The molecule has 0 spiro atoms. The smallest absolute Gasteiger partial charge is 0.304 e. The molecule has 0 aliphatic heterocycles. The first-order valence-corrected chi connectivity index (χ1v) is 11.4. The van der Waals surface area contributed by atoms with Crippen molar-refractivity contribution in [2.45, 2.75) is 64.5 Å². The normalized spacial score (nSPS) is 13.3. The number of carboxylic acid groups (broad SMARTS) is 1. The van der Waals surface area contributed by atoms with E-state index in [1.54, 1.807) is 0 Å². The van der Waals surface area contributed by atoms with Crippen molar-refractivity contribution in [1.82, 2.24) is 0 Å². The largest absolute Gasteiger partial charge is 0.481 e. The van der Waals surface area contributed by atoms with Gasteiger partial charge < -0.3 is 14.2 Å². The molecule has 0 aliphatic rings. The van der Waals surface area contributed by atoms with Gasteiger partial charge in [0.15, 0.2) is 0 Å². The summed E-state index contributed by atoms with van der Waals surface area (Å²) in [6.07, 6.45) is 4.84. The highest BCUT2D eigenvalue weighted by Crippen LogP contribution is 2.63. The van der Waals surface area contributed by atoms with Gasteiger partial charge in [-0.25, -0.2) is 0 Å². The average Bonchev–Trinajstić information content (AvgIpc) is 2.38. The van der Waals surface area contributed by atoms with Crippen LogP contribution in [0.2, 0.25) is 0 Å². The Morgan fingerprint density at radius 3 is 2.05 bits per heavy atom. The molecule has 0 aromatic heterocycles. The summed E-state index contributed by atoms with van der Waals surface area (Å²) in [4.78, 5) is 10.9. The standard InChI is InChI=1S/C13H27O4PS2/c1-4-7-9-16-18(19,17-10-8-5-2)20-12(6-3)11-13(14)15/h12H,4-11H2,1-3H3,(H,14,15). The van der Waals surface area contributed by atoms with Crippen molar-refractivity contribution in [2.75, 3.05) is 13.2 Å². The first kappa shape index (κ1) is 20.4. The van der Waals surface area contributed by atoms with Gasteiger partial charge >= 0.3 is 5.97 Å². The van der Waals surface area contributed by atoms with E-state index >= 15 is 0 Å². The van der Waals surface area contributed by atoms with Crippen molar-refractivity contribution in [3.63, 3.8) is 0 Å². The maximum atomic E-state index is 10.9. The Kier molecular flexibility index (Phi) is 12.2. The van der Waals surface area contributed by atoms with Crippen LogP contribution in [0.3, 0.4) is 0 Å². The Labute approximate surface area is 131 Å². The molecule has 0 fully saturated rings. The molecule has 1 unspecified atom stereocenters. The van der Waals surface area contributed by atoms with Crippen LogP contribution in [-0.2, 0) is 25.6 Å². The van der Waals surface area contributed by atoms with Crippen LogP contribution in [0.25, 0.3) is 0 Å². The van der Waals surface area contributed by atoms with Crippen LogP contribution in [0.1, 0.15) is 59.3 Å². The third kappa shape index (κ3) is 10.2. The van der Waals surface area contributed by atoms with E-state index < -0.39 is 11.7 Å². The number of hydrogen-bond donors (Lipinski definition) is 1. The van der Waals surface area contributed by atoms with Crippen LogP contribution in [0.5, 0.6) is 0 Å². The molecule has 0 saturated carbocycles. The van der Waals surface area contributed by atoms with Crippen molar-refractivity contribution in [1.29, 1.82) is 0 Å². The lowest BCUT2D eigenvalue weighted by molar-refractivity contribution is -0.136. The molecule has 0 aromatic rings. The van der Waals surface area contributed by atoms with Crippen molar-refractivity contribution in [3.05, 3.63) is 0 Å². The zero-order valence-corrected chi connectivity index (χ0v) is 15.2. The summed E-state index contributed by atoms with van der Waals surface area (Å²) >= 11 is 6.98. The van der Waals surface area contributed by atoms with Gasteiger partial charge in [-0.1, -0.05) is 45.0 Å². The van der Waals surface area contributed by atoms with E-state index in [1.165, 1.54) is 11.4 Å². The topological polar surface area (TPSA) is 55.8 Å².